The van der Waals surface area contributed by atoms with Gasteiger partial charge in [-0.15, -0.1) is 0 Å². The van der Waals surface area contributed by atoms with E-state index in [1.165, 1.54) is 25.5 Å². The molecule has 3 N–H and O–H groups in total. The molecule has 4 aliphatic carbocycles. The van der Waals surface area contributed by atoms with Crippen molar-refractivity contribution >= 4 is 70.3 Å². The minimum absolute atomic E-state index is 0.0657. The summed E-state index contributed by atoms with van der Waals surface area (Å²) in [5.74, 6) is 2.59. The number of fused-ring (bicyclic) bond motifs is 4. The van der Waals surface area contributed by atoms with Gasteiger partial charge in [0.15, 0.2) is 11.4 Å². The maximum atomic E-state index is 13.9. The van der Waals surface area contributed by atoms with Crippen molar-refractivity contribution in [1.29, 1.82) is 10.5 Å². The number of anilines is 3. The number of piperidine rings is 2. The second-order valence-corrected chi connectivity index (χ2v) is 25.9. The molecule has 23 heteroatoms. The predicted octanol–water partition coefficient (Wildman–Crippen LogP) is 9.55. The number of carbonyl (C=O) groups is 7. The van der Waals surface area contributed by atoms with Crippen molar-refractivity contribution in [3.63, 3.8) is 0 Å². The van der Waals surface area contributed by atoms with Crippen LogP contribution in [0.25, 0.3) is 0 Å². The average Bonchev–Trinajstić information content (AvgIpc) is 1.63. The summed E-state index contributed by atoms with van der Waals surface area (Å²) in [6.45, 7) is 13.3. The second-order valence-electron chi connectivity index (χ2n) is 25.4. The highest BCUT2D eigenvalue weighted by molar-refractivity contribution is 6.33. The third kappa shape index (κ3) is 13.9. The highest BCUT2D eigenvalue weighted by Crippen LogP contribution is 2.54. The van der Waals surface area contributed by atoms with E-state index in [-0.39, 0.29) is 83.2 Å². The number of nitrogens with two attached hydrogens (primary N) is 1. The molecule has 8 fully saturated rings. The van der Waals surface area contributed by atoms with E-state index < -0.39 is 5.91 Å². The lowest BCUT2D eigenvalue weighted by Crippen LogP contribution is -2.40. The van der Waals surface area contributed by atoms with Crippen LogP contribution in [0.1, 0.15) is 226 Å². The van der Waals surface area contributed by atoms with Crippen molar-refractivity contribution in [3.05, 3.63) is 80.9 Å². The van der Waals surface area contributed by atoms with Gasteiger partial charge in [-0.2, -0.15) is 20.7 Å². The molecular formula is C67H87ClN14O8. The Kier molecular flexibility index (Phi) is 20.8. The van der Waals surface area contributed by atoms with Crippen LogP contribution in [0.2, 0.25) is 5.02 Å². The van der Waals surface area contributed by atoms with Gasteiger partial charge in [0.25, 0.3) is 23.6 Å². The van der Waals surface area contributed by atoms with Crippen LogP contribution in [0.4, 0.5) is 17.3 Å². The van der Waals surface area contributed by atoms with Crippen LogP contribution in [0.15, 0.2) is 36.5 Å². The molecule has 1 aromatic carbocycles. The fraction of sp³-hybridized carbons (Fsp3) is 0.612. The number of likely N-dealkylation sites (tertiary alicyclic amines) is 2. The maximum absolute atomic E-state index is 13.9. The van der Waals surface area contributed by atoms with Crippen LogP contribution in [0.5, 0.6) is 0 Å². The van der Waals surface area contributed by atoms with Gasteiger partial charge in [0.2, 0.25) is 17.7 Å². The van der Waals surface area contributed by atoms with Crippen LogP contribution < -0.4 is 25.8 Å². The van der Waals surface area contributed by atoms with E-state index in [4.69, 9.17) is 32.3 Å². The summed E-state index contributed by atoms with van der Waals surface area (Å²) in [5, 5.41) is 31.9. The van der Waals surface area contributed by atoms with E-state index in [2.05, 4.69) is 36.3 Å². The van der Waals surface area contributed by atoms with Crippen LogP contribution in [-0.4, -0.2) is 140 Å². The van der Waals surface area contributed by atoms with Crippen LogP contribution in [-0.2, 0) is 25.5 Å². The van der Waals surface area contributed by atoms with Crippen LogP contribution in [0.3, 0.4) is 0 Å². The van der Waals surface area contributed by atoms with Crippen molar-refractivity contribution in [1.82, 2.24) is 39.7 Å². The Morgan fingerprint density at radius 1 is 0.756 bits per heavy atom. The van der Waals surface area contributed by atoms with Gasteiger partial charge in [0.05, 0.1) is 34.8 Å². The van der Waals surface area contributed by atoms with Gasteiger partial charge in [-0.1, -0.05) is 63.6 Å². The van der Waals surface area contributed by atoms with E-state index in [0.29, 0.717) is 91.7 Å². The Balaban J connectivity index is 0.000000138. The molecule has 6 aliphatic heterocycles. The predicted molar refractivity (Wildman–Crippen MR) is 339 cm³/mol. The Labute approximate surface area is 532 Å². The number of rotatable bonds is 14. The molecule has 0 bridgehead atoms. The Bertz CT molecular complexity index is 3440. The number of primary amides is 1. The quantitative estimate of drug-likeness (QED) is 0.119. The van der Waals surface area contributed by atoms with Crippen molar-refractivity contribution in [3.8, 4) is 12.1 Å². The number of nitrogens with one attached hydrogen (secondary N) is 1. The van der Waals surface area contributed by atoms with Gasteiger partial charge >= 0.3 is 0 Å². The molecule has 4 saturated heterocycles. The second kappa shape index (κ2) is 28.6. The standard InChI is InChI=1S/C23H29N5O3.C22H31N5O2.C12H14N2O2.C7H7ClN2O.C3H6/c1-2-26-19(29)11-17(13-3-4-13)20-21(23(30)27-16(12-24)9-14-10-18(14)27)25-28(22(20)26)15-5-7-31-8-6-15;1-4-7-15(8-5-2)27-21-17(9-10-19(28)25(21)6-3)20(24-27)22(29)26-16(13-23)11-14-12-18(14)26;1-13-12(16)9-4-2-5-10(8-9)14-7-3-6-11(14)15;1-4-2-6(8)5(3-10-4)7(9)11;1-2-3-1/h13-18H,2-11H2,1H3;14-16,18H,4-12H2,1-3H3;2,4-5,8H,3,6-7H2,1H3,(H,13,16);2-3H,1H3,(H2,9,11);1-3H2. The Morgan fingerprint density at radius 2 is 1.38 bits per heavy atom. The van der Waals surface area contributed by atoms with E-state index in [1.54, 1.807) is 57.8 Å². The van der Waals surface area contributed by atoms with E-state index >= 15 is 0 Å². The Morgan fingerprint density at radius 3 is 1.91 bits per heavy atom. The third-order valence-corrected chi connectivity index (χ3v) is 19.3. The number of hydrogen-bond donors (Lipinski definition) is 2. The topological polar surface area (TPSA) is 279 Å². The molecule has 4 aromatic rings. The number of halogens is 1. The number of pyridine rings is 1. The molecule has 4 saturated carbocycles. The zero-order valence-corrected chi connectivity index (χ0v) is 53.8. The van der Waals surface area contributed by atoms with Crippen LogP contribution in [0, 0.1) is 47.3 Å². The lowest BCUT2D eigenvalue weighted by Gasteiger charge is -2.34. The molecule has 9 heterocycles. The van der Waals surface area contributed by atoms with Gasteiger partial charge in [0, 0.05) is 111 Å². The first-order chi connectivity index (χ1) is 43.5. The molecule has 14 rings (SSSR count). The minimum Gasteiger partial charge on any atom is -0.381 e. The smallest absolute Gasteiger partial charge is 0.276 e. The van der Waals surface area contributed by atoms with Crippen molar-refractivity contribution in [2.45, 2.75) is 205 Å². The van der Waals surface area contributed by atoms with Gasteiger partial charge in [-0.3, -0.25) is 48.3 Å². The maximum Gasteiger partial charge on any atom is 0.276 e. The number of hydrogen-bond acceptors (Lipinski definition) is 13. The number of nitriles is 2. The SMILES string of the molecule is C1CC1.CCCC(CCC)n1nc(C(=O)N2C(C#N)CC3CC32)c2c1N(CC)C(=O)CC2.CCN1C(=O)CC(C2CC2)c2c(C(=O)N3C(C#N)CC4CC43)nn(C3CCOCC3)c21.CNC(=O)c1cccc(N2CCCC2=O)c1.Cc1cc(Cl)c(C(N)=O)cn1. The van der Waals surface area contributed by atoms with E-state index in [9.17, 15) is 44.1 Å². The molecule has 7 atom stereocenters. The number of ether oxygens (including phenoxy) is 1. The highest BCUT2D eigenvalue weighted by atomic mass is 35.5. The average molecular weight is 1250 g/mol. The number of aryl methyl sites for hydroxylation is 1. The first kappa shape index (κ1) is 65.3. The van der Waals surface area contributed by atoms with Gasteiger partial charge in [-0.25, -0.2) is 9.36 Å². The van der Waals surface area contributed by atoms with Gasteiger partial charge in [-0.05, 0) is 140 Å². The first-order valence-corrected chi connectivity index (χ1v) is 33.3. The largest absolute Gasteiger partial charge is 0.381 e. The lowest BCUT2D eigenvalue weighted by atomic mass is 9.86. The van der Waals surface area contributed by atoms with E-state index in [0.717, 1.165) is 124 Å². The molecule has 7 unspecified atom stereocenters. The lowest BCUT2D eigenvalue weighted by molar-refractivity contribution is -0.120. The number of carbonyl (C=O) groups excluding carboxylic acids is 7. The third-order valence-electron chi connectivity index (χ3n) is 19.0. The van der Waals surface area contributed by atoms with Gasteiger partial charge in [0.1, 0.15) is 23.7 Å². The fourth-order valence-corrected chi connectivity index (χ4v) is 14.3. The molecule has 7 amide bonds. The summed E-state index contributed by atoms with van der Waals surface area (Å²) < 4.78 is 9.51. The van der Waals surface area contributed by atoms with Crippen molar-refractivity contribution in [2.24, 2.45) is 23.5 Å². The van der Waals surface area contributed by atoms with E-state index in [1.807, 2.05) is 34.2 Å². The molecular weight excluding hydrogens is 1160 g/mol. The molecule has 0 spiro atoms. The molecule has 22 nitrogen and oxygen atoms in total. The molecule has 3 aromatic heterocycles. The zero-order chi connectivity index (χ0) is 64.1. The van der Waals surface area contributed by atoms with Crippen molar-refractivity contribution in [2.75, 3.05) is 54.6 Å². The normalized spacial score (nSPS) is 24.0. The Hall–Kier alpha value is -7.69. The van der Waals surface area contributed by atoms with Crippen molar-refractivity contribution < 1.29 is 38.3 Å². The molecule has 10 aliphatic rings. The number of nitrogens with zero attached hydrogens (tertiary/aromatic N) is 12. The summed E-state index contributed by atoms with van der Waals surface area (Å²) in [7, 11) is 1.59. The summed E-state index contributed by atoms with van der Waals surface area (Å²) in [5.41, 5.74) is 10.3. The number of benzene rings is 1. The fourth-order valence-electron chi connectivity index (χ4n) is 14.0. The summed E-state index contributed by atoms with van der Waals surface area (Å²) in [6.07, 6.45) is 20.2. The molecule has 480 valence electrons. The highest BCUT2D eigenvalue weighted by Gasteiger charge is 2.57. The molecule has 0 radical (unpaired) electrons. The first-order valence-electron chi connectivity index (χ1n) is 32.9. The minimum atomic E-state index is -0.553. The number of aromatic nitrogens is 5. The molecule has 90 heavy (non-hydrogen) atoms. The summed E-state index contributed by atoms with van der Waals surface area (Å²) in [6, 6.07) is 13.4. The van der Waals surface area contributed by atoms with Crippen LogP contribution >= 0.6 is 11.6 Å². The van der Waals surface area contributed by atoms with Gasteiger partial charge < -0.3 is 30.5 Å². The zero-order valence-electron chi connectivity index (χ0n) is 53.0. The monoisotopic (exact) mass is 1250 g/mol. The number of amides is 7. The summed E-state index contributed by atoms with van der Waals surface area (Å²) >= 11 is 5.68. The summed E-state index contributed by atoms with van der Waals surface area (Å²) in [4.78, 5) is 99.5.